The molecule has 138 valence electrons. The second-order valence-corrected chi connectivity index (χ2v) is 6.06. The maximum atomic E-state index is 12.4. The SMILES string of the molecule is CCOC(=O)c1ccc(NC(=O)c2nc(C)n(-c3ccc(Cl)cc3)n2)cc1. The van der Waals surface area contributed by atoms with E-state index in [9.17, 15) is 9.59 Å². The van der Waals surface area contributed by atoms with Gasteiger partial charge in [-0.25, -0.2) is 14.5 Å². The quantitative estimate of drug-likeness (QED) is 0.678. The van der Waals surface area contributed by atoms with Crippen molar-refractivity contribution in [2.75, 3.05) is 11.9 Å². The first-order valence-corrected chi connectivity index (χ1v) is 8.64. The first-order chi connectivity index (χ1) is 13.0. The maximum Gasteiger partial charge on any atom is 0.338 e. The van der Waals surface area contributed by atoms with Gasteiger partial charge in [-0.15, -0.1) is 5.10 Å². The van der Waals surface area contributed by atoms with Crippen molar-refractivity contribution in [1.29, 1.82) is 0 Å². The van der Waals surface area contributed by atoms with Gasteiger partial charge in [-0.05, 0) is 62.4 Å². The standard InChI is InChI=1S/C19H17ClN4O3/c1-3-27-19(26)13-4-8-15(9-5-13)22-18(25)17-21-12(2)24(23-17)16-10-6-14(20)7-11-16/h4-11H,3H2,1-2H3,(H,22,25). The third-order valence-electron chi connectivity index (χ3n) is 3.70. The highest BCUT2D eigenvalue weighted by Gasteiger charge is 2.16. The van der Waals surface area contributed by atoms with E-state index in [2.05, 4.69) is 15.4 Å². The van der Waals surface area contributed by atoms with Gasteiger partial charge >= 0.3 is 5.97 Å². The highest BCUT2D eigenvalue weighted by Crippen LogP contribution is 2.15. The molecule has 2 aromatic carbocycles. The molecule has 0 unspecified atom stereocenters. The van der Waals surface area contributed by atoms with Crippen LogP contribution in [0, 0.1) is 6.92 Å². The zero-order valence-corrected chi connectivity index (χ0v) is 15.5. The lowest BCUT2D eigenvalue weighted by molar-refractivity contribution is 0.0526. The molecule has 0 radical (unpaired) electrons. The molecule has 0 saturated carbocycles. The molecule has 0 saturated heterocycles. The summed E-state index contributed by atoms with van der Waals surface area (Å²) in [7, 11) is 0. The Kier molecular flexibility index (Phi) is 5.52. The summed E-state index contributed by atoms with van der Waals surface area (Å²) >= 11 is 5.89. The molecular weight excluding hydrogens is 368 g/mol. The van der Waals surface area contributed by atoms with Crippen molar-refractivity contribution in [3.8, 4) is 5.69 Å². The molecule has 0 aliphatic carbocycles. The maximum absolute atomic E-state index is 12.4. The topological polar surface area (TPSA) is 86.1 Å². The number of hydrogen-bond acceptors (Lipinski definition) is 5. The molecule has 0 aliphatic heterocycles. The number of halogens is 1. The van der Waals surface area contributed by atoms with E-state index in [4.69, 9.17) is 16.3 Å². The molecule has 1 amide bonds. The van der Waals surface area contributed by atoms with Gasteiger partial charge in [-0.1, -0.05) is 11.6 Å². The number of nitrogens with zero attached hydrogens (tertiary/aromatic N) is 3. The Morgan fingerprint density at radius 2 is 1.78 bits per heavy atom. The normalized spacial score (nSPS) is 10.5. The molecule has 0 atom stereocenters. The Morgan fingerprint density at radius 1 is 1.11 bits per heavy atom. The Balaban J connectivity index is 1.74. The summed E-state index contributed by atoms with van der Waals surface area (Å²) in [5, 5.41) is 7.57. The van der Waals surface area contributed by atoms with Gasteiger partial charge in [0.25, 0.3) is 5.91 Å². The van der Waals surface area contributed by atoms with E-state index in [1.807, 2.05) is 0 Å². The van der Waals surface area contributed by atoms with Crippen LogP contribution in [0.4, 0.5) is 5.69 Å². The number of esters is 1. The Labute approximate surface area is 160 Å². The van der Waals surface area contributed by atoms with Gasteiger partial charge in [-0.2, -0.15) is 0 Å². The van der Waals surface area contributed by atoms with Crippen LogP contribution in [0.1, 0.15) is 33.7 Å². The second kappa shape index (κ2) is 8.01. The van der Waals surface area contributed by atoms with E-state index in [0.29, 0.717) is 28.7 Å². The summed E-state index contributed by atoms with van der Waals surface area (Å²) in [6, 6.07) is 13.5. The van der Waals surface area contributed by atoms with Crippen LogP contribution < -0.4 is 5.32 Å². The highest BCUT2D eigenvalue weighted by molar-refractivity contribution is 6.30. The molecule has 1 N–H and O–H groups in total. The zero-order valence-electron chi connectivity index (χ0n) is 14.8. The summed E-state index contributed by atoms with van der Waals surface area (Å²) in [5.74, 6) is -0.249. The van der Waals surface area contributed by atoms with Crippen LogP contribution in [0.15, 0.2) is 48.5 Å². The fraction of sp³-hybridized carbons (Fsp3) is 0.158. The zero-order chi connectivity index (χ0) is 19.4. The van der Waals surface area contributed by atoms with Crippen LogP contribution in [0.3, 0.4) is 0 Å². The number of nitrogens with one attached hydrogen (secondary N) is 1. The Morgan fingerprint density at radius 3 is 2.41 bits per heavy atom. The Hall–Kier alpha value is -3.19. The molecule has 27 heavy (non-hydrogen) atoms. The minimum absolute atomic E-state index is 0.0388. The van der Waals surface area contributed by atoms with Gasteiger partial charge in [-0.3, -0.25) is 4.79 Å². The van der Waals surface area contributed by atoms with Gasteiger partial charge in [0.2, 0.25) is 5.82 Å². The number of amides is 1. The van der Waals surface area contributed by atoms with Gasteiger partial charge in [0.15, 0.2) is 0 Å². The number of ether oxygens (including phenoxy) is 1. The first-order valence-electron chi connectivity index (χ1n) is 8.26. The van der Waals surface area contributed by atoms with E-state index in [0.717, 1.165) is 5.69 Å². The summed E-state index contributed by atoms with van der Waals surface area (Å²) in [6.45, 7) is 3.80. The third kappa shape index (κ3) is 4.32. The van der Waals surface area contributed by atoms with Gasteiger partial charge in [0, 0.05) is 10.7 Å². The largest absolute Gasteiger partial charge is 0.462 e. The number of hydrogen-bond donors (Lipinski definition) is 1. The van der Waals surface area contributed by atoms with Crippen molar-refractivity contribution in [3.05, 3.63) is 70.8 Å². The average Bonchev–Trinajstić information content (AvgIpc) is 3.05. The number of rotatable bonds is 5. The lowest BCUT2D eigenvalue weighted by atomic mass is 10.2. The summed E-state index contributed by atoms with van der Waals surface area (Å²) in [5.41, 5.74) is 1.69. The summed E-state index contributed by atoms with van der Waals surface area (Å²) in [4.78, 5) is 28.3. The predicted octanol–water partition coefficient (Wildman–Crippen LogP) is 3.66. The third-order valence-corrected chi connectivity index (χ3v) is 3.95. The molecule has 8 heteroatoms. The molecule has 0 spiro atoms. The average molecular weight is 385 g/mol. The lowest BCUT2D eigenvalue weighted by Crippen LogP contribution is -2.14. The summed E-state index contributed by atoms with van der Waals surface area (Å²) in [6.07, 6.45) is 0. The molecular formula is C19H17ClN4O3. The molecule has 0 aliphatic rings. The van der Waals surface area contributed by atoms with Crippen LogP contribution in [-0.4, -0.2) is 33.2 Å². The molecule has 0 fully saturated rings. The molecule has 1 aromatic heterocycles. The molecule has 7 nitrogen and oxygen atoms in total. The van der Waals surface area contributed by atoms with E-state index >= 15 is 0 Å². The minimum atomic E-state index is -0.449. The lowest BCUT2D eigenvalue weighted by Gasteiger charge is -2.05. The monoisotopic (exact) mass is 384 g/mol. The molecule has 3 rings (SSSR count). The van der Waals surface area contributed by atoms with Crippen molar-refractivity contribution < 1.29 is 14.3 Å². The molecule has 1 heterocycles. The fourth-order valence-electron chi connectivity index (χ4n) is 2.40. The van der Waals surface area contributed by atoms with Crippen LogP contribution in [-0.2, 0) is 4.74 Å². The van der Waals surface area contributed by atoms with Crippen molar-refractivity contribution in [1.82, 2.24) is 14.8 Å². The molecule has 0 bridgehead atoms. The fourth-order valence-corrected chi connectivity index (χ4v) is 2.53. The number of aromatic nitrogens is 3. The predicted molar refractivity (Wildman–Crippen MR) is 101 cm³/mol. The number of carbonyl (C=O) groups is 2. The second-order valence-electron chi connectivity index (χ2n) is 5.62. The van der Waals surface area contributed by atoms with E-state index in [1.165, 1.54) is 0 Å². The highest BCUT2D eigenvalue weighted by atomic mass is 35.5. The van der Waals surface area contributed by atoms with Crippen LogP contribution in [0.25, 0.3) is 5.69 Å². The van der Waals surface area contributed by atoms with E-state index < -0.39 is 11.9 Å². The number of carbonyl (C=O) groups excluding carboxylic acids is 2. The smallest absolute Gasteiger partial charge is 0.338 e. The number of aryl methyl sites for hydroxylation is 1. The van der Waals surface area contributed by atoms with Gasteiger partial charge in [0.1, 0.15) is 5.82 Å². The first kappa shape index (κ1) is 18.6. The molecule has 3 aromatic rings. The van der Waals surface area contributed by atoms with Gasteiger partial charge < -0.3 is 10.1 Å². The van der Waals surface area contributed by atoms with E-state index in [-0.39, 0.29) is 5.82 Å². The van der Waals surface area contributed by atoms with Gasteiger partial charge in [0.05, 0.1) is 17.9 Å². The van der Waals surface area contributed by atoms with Crippen molar-refractivity contribution in [2.45, 2.75) is 13.8 Å². The van der Waals surface area contributed by atoms with Crippen LogP contribution in [0.2, 0.25) is 5.02 Å². The Bertz CT molecular complexity index is 966. The minimum Gasteiger partial charge on any atom is -0.462 e. The van der Waals surface area contributed by atoms with E-state index in [1.54, 1.807) is 67.1 Å². The van der Waals surface area contributed by atoms with Crippen LogP contribution in [0.5, 0.6) is 0 Å². The summed E-state index contributed by atoms with van der Waals surface area (Å²) < 4.78 is 6.49. The van der Waals surface area contributed by atoms with Crippen molar-refractivity contribution in [2.24, 2.45) is 0 Å². The van der Waals surface area contributed by atoms with Crippen molar-refractivity contribution in [3.63, 3.8) is 0 Å². The van der Waals surface area contributed by atoms with Crippen LogP contribution >= 0.6 is 11.6 Å². The van der Waals surface area contributed by atoms with Crippen molar-refractivity contribution >= 4 is 29.2 Å². The number of benzene rings is 2. The number of anilines is 1.